The van der Waals surface area contributed by atoms with Crippen LogP contribution in [0.15, 0.2) is 48.5 Å². The van der Waals surface area contributed by atoms with Crippen LogP contribution in [0.3, 0.4) is 0 Å². The standard InChI is InChI=1S/C24H26F2N4O2/c1-29(2)19-5-3-4-16(12-19)24(31)30-10-8-17(15-30)23-13-18(27-28-23)9-11-32-20-6-7-21(25)22(26)14-20/h3-7,12-14,17H,8-11,15H2,1-2H3,(H,27,28)/t17-/m1/s1. The fraction of sp³-hybridized carbons (Fsp3) is 0.333. The highest BCUT2D eigenvalue weighted by Gasteiger charge is 2.29. The van der Waals surface area contributed by atoms with Gasteiger partial charge in [0.1, 0.15) is 5.75 Å². The molecule has 0 radical (unpaired) electrons. The zero-order chi connectivity index (χ0) is 22.7. The molecule has 0 saturated carbocycles. The molecule has 0 spiro atoms. The summed E-state index contributed by atoms with van der Waals surface area (Å²) < 4.78 is 31.7. The first-order chi connectivity index (χ1) is 15.4. The number of likely N-dealkylation sites (tertiary alicyclic amines) is 1. The van der Waals surface area contributed by atoms with E-state index in [0.717, 1.165) is 35.6 Å². The number of rotatable bonds is 7. The van der Waals surface area contributed by atoms with Crippen molar-refractivity contribution in [2.45, 2.75) is 18.8 Å². The summed E-state index contributed by atoms with van der Waals surface area (Å²) in [6, 6.07) is 13.1. The first kappa shape index (κ1) is 21.8. The van der Waals surface area contributed by atoms with Crippen LogP contribution in [0.1, 0.15) is 34.1 Å². The second-order valence-corrected chi connectivity index (χ2v) is 8.17. The lowest BCUT2D eigenvalue weighted by molar-refractivity contribution is 0.0790. The lowest BCUT2D eigenvalue weighted by atomic mass is 10.0. The minimum Gasteiger partial charge on any atom is -0.493 e. The summed E-state index contributed by atoms with van der Waals surface area (Å²) in [6.45, 7) is 1.63. The molecule has 1 aliphatic heterocycles. The summed E-state index contributed by atoms with van der Waals surface area (Å²) in [5.74, 6) is -1.34. The average Bonchev–Trinajstić information content (AvgIpc) is 3.45. The summed E-state index contributed by atoms with van der Waals surface area (Å²) in [7, 11) is 3.90. The van der Waals surface area contributed by atoms with Gasteiger partial charge in [-0.1, -0.05) is 6.07 Å². The maximum absolute atomic E-state index is 13.3. The fourth-order valence-electron chi connectivity index (χ4n) is 3.85. The molecule has 3 aromatic rings. The van der Waals surface area contributed by atoms with Crippen LogP contribution < -0.4 is 9.64 Å². The molecule has 1 N–H and O–H groups in total. The Balaban J connectivity index is 1.31. The number of carbonyl (C=O) groups is 1. The molecule has 0 aliphatic carbocycles. The number of H-pyrrole nitrogens is 1. The van der Waals surface area contributed by atoms with Gasteiger partial charge in [0.15, 0.2) is 11.6 Å². The van der Waals surface area contributed by atoms with Gasteiger partial charge in [0.05, 0.1) is 12.3 Å². The van der Waals surface area contributed by atoms with E-state index in [0.29, 0.717) is 31.7 Å². The van der Waals surface area contributed by atoms with Crippen molar-refractivity contribution in [1.29, 1.82) is 0 Å². The monoisotopic (exact) mass is 440 g/mol. The molecule has 168 valence electrons. The second kappa shape index (κ2) is 9.38. The molecule has 6 nitrogen and oxygen atoms in total. The number of aromatic amines is 1. The number of amides is 1. The third kappa shape index (κ3) is 4.90. The second-order valence-electron chi connectivity index (χ2n) is 8.17. The molecule has 1 saturated heterocycles. The Morgan fingerprint density at radius 1 is 1.19 bits per heavy atom. The number of ether oxygens (including phenoxy) is 1. The number of anilines is 1. The Bertz CT molecular complexity index is 1100. The van der Waals surface area contributed by atoms with E-state index in [2.05, 4.69) is 10.2 Å². The molecular formula is C24H26F2N4O2. The number of aromatic nitrogens is 2. The SMILES string of the molecule is CN(C)c1cccc(C(=O)N2CC[C@@H](c3cc(CCOc4ccc(F)c(F)c4)[nH]n3)C2)c1. The van der Waals surface area contributed by atoms with Crippen molar-refractivity contribution in [3.63, 3.8) is 0 Å². The van der Waals surface area contributed by atoms with E-state index >= 15 is 0 Å². The molecule has 4 rings (SSSR count). The van der Waals surface area contributed by atoms with Crippen LogP contribution in [-0.2, 0) is 6.42 Å². The molecule has 8 heteroatoms. The van der Waals surface area contributed by atoms with E-state index in [1.165, 1.54) is 6.07 Å². The average molecular weight is 440 g/mol. The van der Waals surface area contributed by atoms with Gasteiger partial charge in [0.2, 0.25) is 0 Å². The Morgan fingerprint density at radius 3 is 2.81 bits per heavy atom. The number of hydrogen-bond donors (Lipinski definition) is 1. The minimum atomic E-state index is -0.930. The third-order valence-electron chi connectivity index (χ3n) is 5.69. The summed E-state index contributed by atoms with van der Waals surface area (Å²) in [5, 5.41) is 7.43. The van der Waals surface area contributed by atoms with E-state index in [4.69, 9.17) is 4.74 Å². The summed E-state index contributed by atoms with van der Waals surface area (Å²) in [4.78, 5) is 16.8. The lowest BCUT2D eigenvalue weighted by Gasteiger charge is -2.18. The number of carbonyl (C=O) groups excluding carboxylic acids is 1. The zero-order valence-corrected chi connectivity index (χ0v) is 18.1. The van der Waals surface area contributed by atoms with Crippen molar-refractivity contribution >= 4 is 11.6 Å². The van der Waals surface area contributed by atoms with Gasteiger partial charge in [0, 0.05) is 62.5 Å². The van der Waals surface area contributed by atoms with E-state index < -0.39 is 11.6 Å². The van der Waals surface area contributed by atoms with Gasteiger partial charge in [-0.25, -0.2) is 8.78 Å². The minimum absolute atomic E-state index is 0.0342. The zero-order valence-electron chi connectivity index (χ0n) is 18.1. The summed E-state index contributed by atoms with van der Waals surface area (Å²) in [5.41, 5.74) is 3.50. The van der Waals surface area contributed by atoms with Gasteiger partial charge in [-0.05, 0) is 42.8 Å². The molecule has 0 unspecified atom stereocenters. The molecule has 1 amide bonds. The van der Waals surface area contributed by atoms with Crippen molar-refractivity contribution in [3.8, 4) is 5.75 Å². The van der Waals surface area contributed by atoms with Crippen molar-refractivity contribution in [1.82, 2.24) is 15.1 Å². The largest absolute Gasteiger partial charge is 0.493 e. The highest BCUT2D eigenvalue weighted by Crippen LogP contribution is 2.28. The van der Waals surface area contributed by atoms with Crippen molar-refractivity contribution in [2.75, 3.05) is 38.7 Å². The van der Waals surface area contributed by atoms with E-state index in [-0.39, 0.29) is 17.6 Å². The van der Waals surface area contributed by atoms with Gasteiger partial charge < -0.3 is 14.5 Å². The first-order valence-electron chi connectivity index (χ1n) is 10.6. The van der Waals surface area contributed by atoms with E-state index in [9.17, 15) is 13.6 Å². The maximum atomic E-state index is 13.3. The topological polar surface area (TPSA) is 61.5 Å². The fourth-order valence-corrected chi connectivity index (χ4v) is 3.85. The predicted molar refractivity (Wildman–Crippen MR) is 118 cm³/mol. The summed E-state index contributed by atoms with van der Waals surface area (Å²) >= 11 is 0. The molecule has 0 bridgehead atoms. The number of benzene rings is 2. The molecule has 1 fully saturated rings. The van der Waals surface area contributed by atoms with Crippen molar-refractivity contribution in [3.05, 3.63) is 77.1 Å². The van der Waals surface area contributed by atoms with Crippen LogP contribution in [0.4, 0.5) is 14.5 Å². The van der Waals surface area contributed by atoms with Crippen LogP contribution in [0.25, 0.3) is 0 Å². The highest BCUT2D eigenvalue weighted by atomic mass is 19.2. The van der Waals surface area contributed by atoms with E-state index in [1.54, 1.807) is 0 Å². The van der Waals surface area contributed by atoms with Gasteiger partial charge in [0.25, 0.3) is 5.91 Å². The first-order valence-corrected chi connectivity index (χ1v) is 10.6. The third-order valence-corrected chi connectivity index (χ3v) is 5.69. The maximum Gasteiger partial charge on any atom is 0.253 e. The highest BCUT2D eigenvalue weighted by molar-refractivity contribution is 5.95. The quantitative estimate of drug-likeness (QED) is 0.603. The molecule has 1 aromatic heterocycles. The van der Waals surface area contributed by atoms with Crippen LogP contribution in [-0.4, -0.2) is 54.8 Å². The number of nitrogens with zero attached hydrogens (tertiary/aromatic N) is 3. The lowest BCUT2D eigenvalue weighted by Crippen LogP contribution is -2.28. The molecule has 2 heterocycles. The van der Waals surface area contributed by atoms with Crippen molar-refractivity contribution in [2.24, 2.45) is 0 Å². The Labute approximate surface area is 185 Å². The Kier molecular flexibility index (Phi) is 6.39. The van der Waals surface area contributed by atoms with Gasteiger partial charge >= 0.3 is 0 Å². The molecule has 2 aromatic carbocycles. The summed E-state index contributed by atoms with van der Waals surface area (Å²) in [6.07, 6.45) is 1.41. The number of halogens is 2. The molecule has 1 atom stereocenters. The van der Waals surface area contributed by atoms with E-state index in [1.807, 2.05) is 54.2 Å². The Morgan fingerprint density at radius 2 is 2.03 bits per heavy atom. The van der Waals surface area contributed by atoms with Crippen LogP contribution in [0.5, 0.6) is 5.75 Å². The number of nitrogens with one attached hydrogen (secondary N) is 1. The predicted octanol–water partition coefficient (Wildman–Crippen LogP) is 4.01. The van der Waals surface area contributed by atoms with Gasteiger partial charge in [-0.3, -0.25) is 9.89 Å². The van der Waals surface area contributed by atoms with Gasteiger partial charge in [-0.2, -0.15) is 5.10 Å². The Hall–Kier alpha value is -3.42. The normalized spacial score (nSPS) is 15.8. The van der Waals surface area contributed by atoms with Crippen molar-refractivity contribution < 1.29 is 18.3 Å². The molecular weight excluding hydrogens is 414 g/mol. The molecule has 1 aliphatic rings. The molecule has 32 heavy (non-hydrogen) atoms. The van der Waals surface area contributed by atoms with Crippen LogP contribution in [0.2, 0.25) is 0 Å². The van der Waals surface area contributed by atoms with Crippen LogP contribution >= 0.6 is 0 Å². The smallest absolute Gasteiger partial charge is 0.253 e. The number of hydrogen-bond acceptors (Lipinski definition) is 4. The van der Waals surface area contributed by atoms with Crippen LogP contribution in [0, 0.1) is 11.6 Å². The van der Waals surface area contributed by atoms with Gasteiger partial charge in [-0.15, -0.1) is 0 Å².